The summed E-state index contributed by atoms with van der Waals surface area (Å²) in [5.74, 6) is 1.22. The van der Waals surface area contributed by atoms with Gasteiger partial charge in [-0.15, -0.1) is 0 Å². The Morgan fingerprint density at radius 1 is 1.00 bits per heavy atom. The lowest BCUT2D eigenvalue weighted by Gasteiger charge is -2.31. The van der Waals surface area contributed by atoms with E-state index < -0.39 is 0 Å². The highest BCUT2D eigenvalue weighted by molar-refractivity contribution is 5.72. The fraction of sp³-hybridized carbons (Fsp3) is 0.560. The molecule has 1 aromatic carbocycles. The van der Waals surface area contributed by atoms with Crippen molar-refractivity contribution in [3.05, 3.63) is 47.5 Å². The molecule has 0 radical (unpaired) electrons. The van der Waals surface area contributed by atoms with Crippen LogP contribution in [0.15, 0.2) is 36.4 Å². The highest BCUT2D eigenvalue weighted by atomic mass is 16.5. The number of carbonyl (C=O) groups is 1. The second-order valence-electron chi connectivity index (χ2n) is 8.47. The summed E-state index contributed by atoms with van der Waals surface area (Å²) in [6.45, 7) is 0. The highest BCUT2D eigenvalue weighted by Crippen LogP contribution is 2.37. The summed E-state index contributed by atoms with van der Waals surface area (Å²) in [6, 6.07) is 12.1. The molecule has 0 saturated heterocycles. The fourth-order valence-corrected chi connectivity index (χ4v) is 4.76. The molecule has 2 aliphatic carbocycles. The van der Waals surface area contributed by atoms with Gasteiger partial charge in [0.05, 0.1) is 23.6 Å². The third-order valence-corrected chi connectivity index (χ3v) is 6.58. The van der Waals surface area contributed by atoms with Crippen LogP contribution in [0, 0.1) is 34.5 Å². The minimum atomic E-state index is 0.00341. The fourth-order valence-electron chi connectivity index (χ4n) is 4.76. The van der Waals surface area contributed by atoms with Gasteiger partial charge in [0.25, 0.3) is 0 Å². The topological polar surface area (TPSA) is 73.9 Å². The maximum absolute atomic E-state index is 12.6. The number of nitrogens with zero attached hydrogens (tertiary/aromatic N) is 2. The molecule has 0 amide bonds. The minimum absolute atomic E-state index is 0.00341. The van der Waals surface area contributed by atoms with E-state index in [-0.39, 0.29) is 18.0 Å². The predicted octanol–water partition coefficient (Wildman–Crippen LogP) is 5.79. The lowest BCUT2D eigenvalue weighted by molar-refractivity contribution is -0.157. The summed E-state index contributed by atoms with van der Waals surface area (Å²) >= 11 is 0. The van der Waals surface area contributed by atoms with E-state index in [0.717, 1.165) is 64.2 Å². The van der Waals surface area contributed by atoms with Gasteiger partial charge in [0, 0.05) is 6.08 Å². The number of hydrogen-bond donors (Lipinski definition) is 0. The zero-order valence-corrected chi connectivity index (χ0v) is 17.1. The lowest BCUT2D eigenvalue weighted by atomic mass is 9.78. The van der Waals surface area contributed by atoms with Crippen LogP contribution in [0.1, 0.15) is 81.3 Å². The maximum atomic E-state index is 12.6. The van der Waals surface area contributed by atoms with Gasteiger partial charge in [-0.2, -0.15) is 10.5 Å². The molecule has 3 rings (SSSR count). The highest BCUT2D eigenvalue weighted by Gasteiger charge is 2.31. The van der Waals surface area contributed by atoms with Gasteiger partial charge in [-0.1, -0.05) is 18.2 Å². The number of ether oxygens (including phenoxy) is 1. The number of hydrogen-bond acceptors (Lipinski definition) is 4. The number of benzene rings is 1. The molecule has 0 N–H and O–H groups in total. The number of allylic oxidation sites excluding steroid dienone is 2. The number of esters is 1. The van der Waals surface area contributed by atoms with E-state index in [4.69, 9.17) is 15.3 Å². The van der Waals surface area contributed by atoms with Crippen LogP contribution in [-0.2, 0) is 9.53 Å². The van der Waals surface area contributed by atoms with Gasteiger partial charge in [-0.05, 0) is 93.7 Å². The monoisotopic (exact) mass is 390 g/mol. The Bertz CT molecular complexity index is 769. The van der Waals surface area contributed by atoms with Crippen molar-refractivity contribution in [1.82, 2.24) is 0 Å². The number of rotatable bonds is 6. The van der Waals surface area contributed by atoms with Crippen molar-refractivity contribution in [2.75, 3.05) is 0 Å². The Hall–Kier alpha value is -2.59. The third kappa shape index (κ3) is 6.20. The van der Waals surface area contributed by atoms with Crippen molar-refractivity contribution in [2.24, 2.45) is 11.8 Å². The van der Waals surface area contributed by atoms with Crippen molar-refractivity contribution >= 4 is 5.97 Å². The first-order chi connectivity index (χ1) is 14.2. The van der Waals surface area contributed by atoms with Crippen molar-refractivity contribution in [1.29, 1.82) is 10.5 Å². The van der Waals surface area contributed by atoms with E-state index in [0.29, 0.717) is 17.4 Å². The summed E-state index contributed by atoms with van der Waals surface area (Å²) < 4.78 is 5.86. The van der Waals surface area contributed by atoms with Gasteiger partial charge in [0.15, 0.2) is 0 Å². The number of nitriles is 2. The molecule has 2 aliphatic rings. The average molecular weight is 391 g/mol. The van der Waals surface area contributed by atoms with E-state index in [1.807, 2.05) is 24.3 Å². The van der Waals surface area contributed by atoms with E-state index in [9.17, 15) is 4.79 Å². The Morgan fingerprint density at radius 2 is 1.69 bits per heavy atom. The van der Waals surface area contributed by atoms with Crippen LogP contribution in [0.25, 0.3) is 0 Å². The van der Waals surface area contributed by atoms with Crippen molar-refractivity contribution in [3.63, 3.8) is 0 Å². The molecule has 29 heavy (non-hydrogen) atoms. The quantitative estimate of drug-likeness (QED) is 0.455. The Balaban J connectivity index is 1.37. The van der Waals surface area contributed by atoms with Crippen LogP contribution in [0.5, 0.6) is 0 Å². The molecule has 0 aromatic heterocycles. The van der Waals surface area contributed by atoms with Gasteiger partial charge in [-0.25, -0.2) is 0 Å². The molecule has 4 nitrogen and oxygen atoms in total. The summed E-state index contributed by atoms with van der Waals surface area (Å²) in [5, 5.41) is 17.5. The molecule has 0 bridgehead atoms. The van der Waals surface area contributed by atoms with Gasteiger partial charge < -0.3 is 4.74 Å². The second-order valence-corrected chi connectivity index (χ2v) is 8.47. The maximum Gasteiger partial charge on any atom is 0.309 e. The summed E-state index contributed by atoms with van der Waals surface area (Å²) in [5.41, 5.74) is 1.97. The standard InChI is InChI=1S/C25H30N2O2/c26-17-3-1-2-4-19-7-15-24(16-8-19)29-25(28)23-13-11-22(12-14-23)21-9-5-20(18-27)6-10-21/h1,3,5-6,9-10,19,22-24H,2,4,7-8,11-16H2. The smallest absolute Gasteiger partial charge is 0.309 e. The minimum Gasteiger partial charge on any atom is -0.462 e. The summed E-state index contributed by atoms with van der Waals surface area (Å²) in [7, 11) is 0. The van der Waals surface area contributed by atoms with Gasteiger partial charge in [0.1, 0.15) is 6.10 Å². The molecule has 2 saturated carbocycles. The van der Waals surface area contributed by atoms with Crippen LogP contribution in [0.3, 0.4) is 0 Å². The van der Waals surface area contributed by atoms with Crippen molar-refractivity contribution in [2.45, 2.75) is 76.2 Å². The van der Waals surface area contributed by atoms with E-state index in [1.165, 1.54) is 5.56 Å². The second kappa shape index (κ2) is 10.8. The van der Waals surface area contributed by atoms with Crippen LogP contribution < -0.4 is 0 Å². The number of carbonyl (C=O) groups excluding carboxylic acids is 1. The molecule has 0 spiro atoms. The summed E-state index contributed by atoms with van der Waals surface area (Å²) in [6.07, 6.45) is 13.7. The summed E-state index contributed by atoms with van der Waals surface area (Å²) in [4.78, 5) is 12.6. The van der Waals surface area contributed by atoms with E-state index in [1.54, 1.807) is 6.08 Å². The Morgan fingerprint density at radius 3 is 2.31 bits per heavy atom. The van der Waals surface area contributed by atoms with E-state index in [2.05, 4.69) is 18.2 Å². The molecule has 0 aliphatic heterocycles. The Labute approximate surface area is 174 Å². The van der Waals surface area contributed by atoms with Gasteiger partial charge >= 0.3 is 5.97 Å². The molecular formula is C25H30N2O2. The first-order valence-corrected chi connectivity index (χ1v) is 10.9. The largest absolute Gasteiger partial charge is 0.462 e. The molecule has 1 aromatic rings. The van der Waals surface area contributed by atoms with Crippen LogP contribution >= 0.6 is 0 Å². The Kier molecular flexibility index (Phi) is 7.88. The lowest BCUT2D eigenvalue weighted by Crippen LogP contribution is -2.29. The molecule has 0 heterocycles. The molecular weight excluding hydrogens is 360 g/mol. The van der Waals surface area contributed by atoms with Crippen molar-refractivity contribution < 1.29 is 9.53 Å². The van der Waals surface area contributed by atoms with E-state index >= 15 is 0 Å². The first-order valence-electron chi connectivity index (χ1n) is 10.9. The van der Waals surface area contributed by atoms with Crippen LogP contribution in [-0.4, -0.2) is 12.1 Å². The predicted molar refractivity (Wildman–Crippen MR) is 112 cm³/mol. The van der Waals surface area contributed by atoms with Crippen LogP contribution in [0.4, 0.5) is 0 Å². The normalized spacial score (nSPS) is 27.1. The zero-order valence-electron chi connectivity index (χ0n) is 17.1. The molecule has 152 valence electrons. The molecule has 0 atom stereocenters. The molecule has 4 heteroatoms. The van der Waals surface area contributed by atoms with Crippen LogP contribution in [0.2, 0.25) is 0 Å². The molecule has 0 unspecified atom stereocenters. The van der Waals surface area contributed by atoms with Gasteiger partial charge in [0.2, 0.25) is 0 Å². The molecule has 2 fully saturated rings. The first kappa shape index (κ1) is 21.1. The zero-order chi connectivity index (χ0) is 20.5. The van der Waals surface area contributed by atoms with Crippen molar-refractivity contribution in [3.8, 4) is 12.1 Å². The SMILES string of the molecule is N#CC=CCCC1CCC(OC(=O)C2CCC(c3ccc(C#N)cc3)CC2)CC1. The van der Waals surface area contributed by atoms with Gasteiger partial charge in [-0.3, -0.25) is 4.79 Å². The average Bonchev–Trinajstić information content (AvgIpc) is 2.78. The third-order valence-electron chi connectivity index (χ3n) is 6.58.